The molecule has 1 rings (SSSR count). The zero-order valence-electron chi connectivity index (χ0n) is 11.6. The van der Waals surface area contributed by atoms with Crippen molar-refractivity contribution >= 4 is 0 Å². The lowest BCUT2D eigenvalue weighted by Gasteiger charge is -2.17. The highest BCUT2D eigenvalue weighted by Crippen LogP contribution is 2.16. The van der Waals surface area contributed by atoms with Gasteiger partial charge in [-0.1, -0.05) is 13.0 Å². The summed E-state index contributed by atoms with van der Waals surface area (Å²) in [6.07, 6.45) is 5.27. The molecule has 1 aromatic rings. The fourth-order valence-electron chi connectivity index (χ4n) is 2.24. The lowest BCUT2D eigenvalue weighted by atomic mass is 10.0. The highest BCUT2D eigenvalue weighted by Gasteiger charge is 2.14. The topological polar surface area (TPSA) is 29.9 Å². The van der Waals surface area contributed by atoms with Crippen LogP contribution in [0.4, 0.5) is 0 Å². The first-order valence-corrected chi connectivity index (χ1v) is 6.43. The largest absolute Gasteiger partial charge is 0.314 e. The third kappa shape index (κ3) is 3.70. The van der Waals surface area contributed by atoms with E-state index < -0.39 is 0 Å². The summed E-state index contributed by atoms with van der Waals surface area (Å²) >= 11 is 0. The van der Waals surface area contributed by atoms with Crippen molar-refractivity contribution in [1.29, 1.82) is 0 Å². The number of hydrogen-bond donors (Lipinski definition) is 1. The molecule has 3 heteroatoms. The van der Waals surface area contributed by atoms with Gasteiger partial charge in [-0.3, -0.25) is 4.68 Å². The predicted octanol–water partition coefficient (Wildman–Crippen LogP) is 2.52. The Balaban J connectivity index is 2.73. The van der Waals surface area contributed by atoms with Gasteiger partial charge in [-0.05, 0) is 45.2 Å². The summed E-state index contributed by atoms with van der Waals surface area (Å²) in [5.74, 6) is 0. The Morgan fingerprint density at radius 2 is 2.18 bits per heavy atom. The van der Waals surface area contributed by atoms with E-state index in [-0.39, 0.29) is 0 Å². The third-order valence-corrected chi connectivity index (χ3v) is 3.32. The first-order valence-electron chi connectivity index (χ1n) is 6.43. The molecule has 0 saturated carbocycles. The monoisotopic (exact) mass is 235 g/mol. The zero-order valence-corrected chi connectivity index (χ0v) is 11.6. The van der Waals surface area contributed by atoms with Crippen molar-refractivity contribution in [2.75, 3.05) is 6.54 Å². The van der Waals surface area contributed by atoms with E-state index in [0.29, 0.717) is 6.04 Å². The van der Waals surface area contributed by atoms with Gasteiger partial charge >= 0.3 is 0 Å². The summed E-state index contributed by atoms with van der Waals surface area (Å²) < 4.78 is 1.97. The van der Waals surface area contributed by atoms with Crippen LogP contribution in [0.25, 0.3) is 0 Å². The van der Waals surface area contributed by atoms with Gasteiger partial charge in [-0.25, -0.2) is 0 Å². The molecule has 0 aliphatic carbocycles. The molecule has 0 fully saturated rings. The Kier molecular flexibility index (Phi) is 5.42. The van der Waals surface area contributed by atoms with Crippen molar-refractivity contribution in [3.63, 3.8) is 0 Å². The van der Waals surface area contributed by atoms with E-state index >= 15 is 0 Å². The van der Waals surface area contributed by atoms with E-state index in [1.54, 1.807) is 0 Å². The molecule has 0 aliphatic heterocycles. The van der Waals surface area contributed by atoms with E-state index in [1.807, 2.05) is 17.8 Å². The number of nitrogens with zero attached hydrogens (tertiary/aromatic N) is 2. The molecule has 0 amide bonds. The van der Waals surface area contributed by atoms with Crippen LogP contribution in [0.5, 0.6) is 0 Å². The van der Waals surface area contributed by atoms with Crippen LogP contribution in [-0.2, 0) is 13.5 Å². The first-order chi connectivity index (χ1) is 8.10. The summed E-state index contributed by atoms with van der Waals surface area (Å²) in [5, 5.41) is 8.02. The molecule has 96 valence electrons. The van der Waals surface area contributed by atoms with Gasteiger partial charge in [0.1, 0.15) is 0 Å². The van der Waals surface area contributed by atoms with Gasteiger partial charge in [0, 0.05) is 18.8 Å². The Bertz CT molecular complexity index is 366. The maximum atomic E-state index is 4.47. The number of aryl methyl sites for hydroxylation is 2. The second-order valence-electron chi connectivity index (χ2n) is 4.60. The quantitative estimate of drug-likeness (QED) is 0.736. The van der Waals surface area contributed by atoms with Crippen molar-refractivity contribution in [1.82, 2.24) is 15.1 Å². The van der Waals surface area contributed by atoms with Crippen LogP contribution in [-0.4, -0.2) is 22.4 Å². The van der Waals surface area contributed by atoms with Crippen molar-refractivity contribution in [3.05, 3.63) is 29.6 Å². The average Bonchev–Trinajstić information content (AvgIpc) is 2.53. The van der Waals surface area contributed by atoms with E-state index in [9.17, 15) is 0 Å². The van der Waals surface area contributed by atoms with Crippen LogP contribution in [0, 0.1) is 13.8 Å². The van der Waals surface area contributed by atoms with Crippen LogP contribution in [0.3, 0.4) is 0 Å². The number of likely N-dealkylation sites (N-methyl/N-ethyl adjacent to an activating group) is 1. The Hall–Kier alpha value is -1.09. The lowest BCUT2D eigenvalue weighted by Crippen LogP contribution is -2.31. The fourth-order valence-corrected chi connectivity index (χ4v) is 2.24. The van der Waals surface area contributed by atoms with Crippen LogP contribution in [0.15, 0.2) is 12.7 Å². The summed E-state index contributed by atoms with van der Waals surface area (Å²) in [4.78, 5) is 0. The van der Waals surface area contributed by atoms with Crippen molar-refractivity contribution in [2.24, 2.45) is 7.05 Å². The molecule has 0 aliphatic rings. The van der Waals surface area contributed by atoms with E-state index in [2.05, 4.69) is 37.8 Å². The molecule has 3 nitrogen and oxygen atoms in total. The minimum atomic E-state index is 0.527. The predicted molar refractivity (Wildman–Crippen MR) is 73.3 cm³/mol. The average molecular weight is 235 g/mol. The van der Waals surface area contributed by atoms with Gasteiger partial charge in [0.2, 0.25) is 0 Å². The second-order valence-corrected chi connectivity index (χ2v) is 4.60. The standard InChI is InChI=1S/C14H25N3/c1-6-8-9-13(15-7-2)10-14-11(3)16-17(5)12(14)4/h6,13,15H,1,7-10H2,2-5H3. The molecule has 0 aromatic carbocycles. The maximum Gasteiger partial charge on any atom is 0.0628 e. The van der Waals surface area contributed by atoms with Gasteiger partial charge in [0.25, 0.3) is 0 Å². The SMILES string of the molecule is C=CCCC(Cc1c(C)nn(C)c1C)NCC. The van der Waals surface area contributed by atoms with Crippen LogP contribution in [0.2, 0.25) is 0 Å². The molecule has 0 bridgehead atoms. The summed E-state index contributed by atoms with van der Waals surface area (Å²) in [7, 11) is 2.01. The number of allylic oxidation sites excluding steroid dienone is 1. The molecule has 1 aromatic heterocycles. The number of hydrogen-bond acceptors (Lipinski definition) is 2. The van der Waals surface area contributed by atoms with E-state index in [0.717, 1.165) is 31.5 Å². The van der Waals surface area contributed by atoms with Crippen LogP contribution >= 0.6 is 0 Å². The minimum absolute atomic E-state index is 0.527. The summed E-state index contributed by atoms with van der Waals surface area (Å²) in [6, 6.07) is 0.527. The van der Waals surface area contributed by atoms with Gasteiger partial charge in [-0.15, -0.1) is 6.58 Å². The van der Waals surface area contributed by atoms with Crippen molar-refractivity contribution in [2.45, 2.75) is 46.1 Å². The highest BCUT2D eigenvalue weighted by atomic mass is 15.3. The molecular weight excluding hydrogens is 210 g/mol. The number of rotatable bonds is 7. The molecule has 0 radical (unpaired) electrons. The Morgan fingerprint density at radius 1 is 1.47 bits per heavy atom. The molecule has 0 saturated heterocycles. The van der Waals surface area contributed by atoms with E-state index in [4.69, 9.17) is 0 Å². The van der Waals surface area contributed by atoms with Crippen molar-refractivity contribution < 1.29 is 0 Å². The second kappa shape index (κ2) is 6.60. The minimum Gasteiger partial charge on any atom is -0.314 e. The normalized spacial score (nSPS) is 12.7. The van der Waals surface area contributed by atoms with Crippen molar-refractivity contribution in [3.8, 4) is 0 Å². The molecule has 1 N–H and O–H groups in total. The van der Waals surface area contributed by atoms with Gasteiger partial charge in [0.05, 0.1) is 5.69 Å². The lowest BCUT2D eigenvalue weighted by molar-refractivity contribution is 0.493. The smallest absolute Gasteiger partial charge is 0.0628 e. The highest BCUT2D eigenvalue weighted by molar-refractivity contribution is 5.25. The van der Waals surface area contributed by atoms with Gasteiger partial charge in [0.15, 0.2) is 0 Å². The molecule has 1 atom stereocenters. The number of nitrogens with one attached hydrogen (secondary N) is 1. The molecule has 1 unspecified atom stereocenters. The van der Waals surface area contributed by atoms with Crippen LogP contribution in [0.1, 0.15) is 36.7 Å². The maximum absolute atomic E-state index is 4.47. The van der Waals surface area contributed by atoms with E-state index in [1.165, 1.54) is 11.3 Å². The van der Waals surface area contributed by atoms with Crippen LogP contribution < -0.4 is 5.32 Å². The molecule has 1 heterocycles. The molecule has 17 heavy (non-hydrogen) atoms. The van der Waals surface area contributed by atoms with Gasteiger partial charge in [-0.2, -0.15) is 5.10 Å². The number of aromatic nitrogens is 2. The summed E-state index contributed by atoms with van der Waals surface area (Å²) in [5.41, 5.74) is 3.83. The zero-order chi connectivity index (χ0) is 12.8. The molecule has 0 spiro atoms. The Labute approximate surface area is 105 Å². The first kappa shape index (κ1) is 14.0. The Morgan fingerprint density at radius 3 is 2.65 bits per heavy atom. The molecular formula is C14H25N3. The summed E-state index contributed by atoms with van der Waals surface area (Å²) in [6.45, 7) is 11.2. The fraction of sp³-hybridized carbons (Fsp3) is 0.643. The van der Waals surface area contributed by atoms with Gasteiger partial charge < -0.3 is 5.32 Å². The third-order valence-electron chi connectivity index (χ3n) is 3.32.